The molecule has 0 aromatic heterocycles. The third kappa shape index (κ3) is 3.58. The summed E-state index contributed by atoms with van der Waals surface area (Å²) in [5.41, 5.74) is 2.79. The SMILES string of the molecule is CC(C)[C@@H](C)/C=C/[C@H](C)[C@H]1CC[C@@H]2C3=CC[C@H]4C[C@@H](O)CC[C@]4(C)[C@H]3CC[C@@]21C. The molecule has 0 aliphatic heterocycles. The summed E-state index contributed by atoms with van der Waals surface area (Å²) in [7, 11) is 0. The van der Waals surface area contributed by atoms with Gasteiger partial charge < -0.3 is 5.11 Å². The van der Waals surface area contributed by atoms with Gasteiger partial charge in [-0.2, -0.15) is 0 Å². The van der Waals surface area contributed by atoms with Crippen LogP contribution in [0.15, 0.2) is 23.8 Å². The standard InChI is InChI=1S/C28H46O/c1-18(2)19(3)7-8-20(4)24-11-12-25-23-10-9-21-17-22(29)13-15-27(21,5)26(23)14-16-28(24,25)6/h7-8,10,18-22,24-26,29H,9,11-17H2,1-6H3/b8-7+/t19-,20-,21-,22-,24+,25+,26-,27-,28+/m0/s1. The monoisotopic (exact) mass is 398 g/mol. The average molecular weight is 399 g/mol. The quantitative estimate of drug-likeness (QED) is 0.489. The predicted octanol–water partition coefficient (Wildman–Crippen LogP) is 7.41. The molecule has 0 spiro atoms. The van der Waals surface area contributed by atoms with Gasteiger partial charge in [-0.3, -0.25) is 0 Å². The maximum Gasteiger partial charge on any atom is 0.0543 e. The Morgan fingerprint density at radius 3 is 2.34 bits per heavy atom. The minimum atomic E-state index is -0.0476. The lowest BCUT2D eigenvalue weighted by atomic mass is 9.47. The molecule has 0 saturated heterocycles. The maximum atomic E-state index is 10.2. The Morgan fingerprint density at radius 2 is 1.62 bits per heavy atom. The highest BCUT2D eigenvalue weighted by molar-refractivity contribution is 5.28. The molecule has 0 amide bonds. The third-order valence-corrected chi connectivity index (χ3v) is 10.5. The average Bonchev–Trinajstić information content (AvgIpc) is 3.03. The van der Waals surface area contributed by atoms with E-state index in [0.717, 1.165) is 36.5 Å². The topological polar surface area (TPSA) is 20.2 Å². The van der Waals surface area contributed by atoms with E-state index in [1.165, 1.54) is 38.5 Å². The molecule has 164 valence electrons. The third-order valence-electron chi connectivity index (χ3n) is 10.5. The van der Waals surface area contributed by atoms with Crippen molar-refractivity contribution in [2.75, 3.05) is 0 Å². The Labute approximate surface area is 180 Å². The largest absolute Gasteiger partial charge is 0.393 e. The fourth-order valence-corrected chi connectivity index (χ4v) is 8.10. The second-order valence-corrected chi connectivity index (χ2v) is 12.3. The number of allylic oxidation sites excluding steroid dienone is 4. The van der Waals surface area contributed by atoms with Crippen molar-refractivity contribution in [2.24, 2.45) is 52.3 Å². The van der Waals surface area contributed by atoms with Crippen molar-refractivity contribution in [1.29, 1.82) is 0 Å². The molecule has 29 heavy (non-hydrogen) atoms. The molecule has 4 rings (SSSR count). The first-order chi connectivity index (χ1) is 13.7. The summed E-state index contributed by atoms with van der Waals surface area (Å²) >= 11 is 0. The van der Waals surface area contributed by atoms with Crippen molar-refractivity contribution >= 4 is 0 Å². The van der Waals surface area contributed by atoms with E-state index >= 15 is 0 Å². The van der Waals surface area contributed by atoms with Crippen LogP contribution in [0, 0.1) is 52.3 Å². The molecule has 0 unspecified atom stereocenters. The zero-order valence-corrected chi connectivity index (χ0v) is 20.0. The number of aliphatic hydroxyl groups is 1. The van der Waals surface area contributed by atoms with Crippen molar-refractivity contribution in [3.63, 3.8) is 0 Å². The summed E-state index contributed by atoms with van der Waals surface area (Å²) in [6.07, 6.45) is 17.8. The molecule has 1 heteroatoms. The summed E-state index contributed by atoms with van der Waals surface area (Å²) < 4.78 is 0. The first-order valence-electron chi connectivity index (χ1n) is 12.7. The molecule has 0 bridgehead atoms. The molecule has 9 atom stereocenters. The van der Waals surface area contributed by atoms with Crippen LogP contribution >= 0.6 is 0 Å². The summed E-state index contributed by atoms with van der Waals surface area (Å²) in [6, 6.07) is 0. The molecule has 0 aromatic rings. The number of hydrogen-bond donors (Lipinski definition) is 1. The van der Waals surface area contributed by atoms with E-state index in [2.05, 4.69) is 59.8 Å². The summed E-state index contributed by atoms with van der Waals surface area (Å²) in [5.74, 6) is 5.25. The minimum Gasteiger partial charge on any atom is -0.393 e. The highest BCUT2D eigenvalue weighted by Gasteiger charge is 2.57. The number of rotatable bonds is 4. The first kappa shape index (κ1) is 21.7. The van der Waals surface area contributed by atoms with Crippen molar-refractivity contribution < 1.29 is 5.11 Å². The zero-order chi connectivity index (χ0) is 21.0. The highest BCUT2D eigenvalue weighted by atomic mass is 16.3. The fourth-order valence-electron chi connectivity index (χ4n) is 8.10. The van der Waals surface area contributed by atoms with Crippen molar-refractivity contribution in [2.45, 2.75) is 99.0 Å². The van der Waals surface area contributed by atoms with Crippen LogP contribution in [-0.4, -0.2) is 11.2 Å². The first-order valence-corrected chi connectivity index (χ1v) is 12.7. The van der Waals surface area contributed by atoms with Gasteiger partial charge in [0, 0.05) is 0 Å². The second-order valence-electron chi connectivity index (χ2n) is 12.3. The van der Waals surface area contributed by atoms with Crippen LogP contribution in [0.4, 0.5) is 0 Å². The molecule has 0 radical (unpaired) electrons. The molecule has 0 heterocycles. The minimum absolute atomic E-state index is 0.0476. The number of aliphatic hydroxyl groups excluding tert-OH is 1. The molecular formula is C28H46O. The second kappa shape index (κ2) is 7.85. The Kier molecular flexibility index (Phi) is 5.86. The van der Waals surface area contributed by atoms with Gasteiger partial charge in [-0.05, 0) is 104 Å². The van der Waals surface area contributed by atoms with Gasteiger partial charge in [-0.25, -0.2) is 0 Å². The predicted molar refractivity (Wildman–Crippen MR) is 124 cm³/mol. The Hall–Kier alpha value is -0.560. The van der Waals surface area contributed by atoms with Crippen molar-refractivity contribution in [3.05, 3.63) is 23.8 Å². The molecule has 0 aromatic carbocycles. The van der Waals surface area contributed by atoms with Gasteiger partial charge in [-0.15, -0.1) is 0 Å². The van der Waals surface area contributed by atoms with Gasteiger partial charge in [-0.1, -0.05) is 65.3 Å². The van der Waals surface area contributed by atoms with E-state index in [9.17, 15) is 5.11 Å². The van der Waals surface area contributed by atoms with Crippen LogP contribution in [0.5, 0.6) is 0 Å². The van der Waals surface area contributed by atoms with E-state index in [1.54, 1.807) is 0 Å². The van der Waals surface area contributed by atoms with Crippen molar-refractivity contribution in [1.82, 2.24) is 0 Å². The van der Waals surface area contributed by atoms with Crippen LogP contribution in [0.3, 0.4) is 0 Å². The Morgan fingerprint density at radius 1 is 0.931 bits per heavy atom. The molecule has 3 fully saturated rings. The van der Waals surface area contributed by atoms with Gasteiger partial charge in [0.15, 0.2) is 0 Å². The lowest BCUT2D eigenvalue weighted by Crippen LogP contribution is -2.49. The smallest absolute Gasteiger partial charge is 0.0543 e. The molecule has 3 saturated carbocycles. The molecule has 4 aliphatic carbocycles. The Balaban J connectivity index is 1.54. The van der Waals surface area contributed by atoms with E-state index < -0.39 is 0 Å². The van der Waals surface area contributed by atoms with Gasteiger partial charge >= 0.3 is 0 Å². The molecule has 1 N–H and O–H groups in total. The van der Waals surface area contributed by atoms with Crippen LogP contribution in [0.1, 0.15) is 92.9 Å². The Bertz CT molecular complexity index is 659. The summed E-state index contributed by atoms with van der Waals surface area (Å²) in [6.45, 7) is 14.7. The summed E-state index contributed by atoms with van der Waals surface area (Å²) in [5, 5.41) is 10.2. The number of hydrogen-bond acceptors (Lipinski definition) is 1. The lowest BCUT2D eigenvalue weighted by molar-refractivity contribution is -0.0414. The van der Waals surface area contributed by atoms with Gasteiger partial charge in [0.2, 0.25) is 0 Å². The van der Waals surface area contributed by atoms with Crippen molar-refractivity contribution in [3.8, 4) is 0 Å². The fraction of sp³-hybridized carbons (Fsp3) is 0.857. The molecule has 4 aliphatic rings. The van der Waals surface area contributed by atoms with Gasteiger partial charge in [0.25, 0.3) is 0 Å². The van der Waals surface area contributed by atoms with E-state index in [1.807, 2.05) is 5.57 Å². The van der Waals surface area contributed by atoms with Gasteiger partial charge in [0.1, 0.15) is 0 Å². The lowest BCUT2D eigenvalue weighted by Gasteiger charge is -2.57. The zero-order valence-electron chi connectivity index (χ0n) is 20.0. The summed E-state index contributed by atoms with van der Waals surface area (Å²) in [4.78, 5) is 0. The van der Waals surface area contributed by atoms with Crippen LogP contribution in [-0.2, 0) is 0 Å². The highest BCUT2D eigenvalue weighted by Crippen LogP contribution is 2.66. The maximum absolute atomic E-state index is 10.2. The van der Waals surface area contributed by atoms with Crippen LogP contribution in [0.2, 0.25) is 0 Å². The van der Waals surface area contributed by atoms with Gasteiger partial charge in [0.05, 0.1) is 6.10 Å². The van der Waals surface area contributed by atoms with E-state index in [4.69, 9.17) is 0 Å². The van der Waals surface area contributed by atoms with Crippen LogP contribution in [0.25, 0.3) is 0 Å². The normalized spacial score (nSPS) is 46.8. The number of fused-ring (bicyclic) bond motifs is 5. The van der Waals surface area contributed by atoms with E-state index in [-0.39, 0.29) is 6.10 Å². The van der Waals surface area contributed by atoms with E-state index in [0.29, 0.717) is 28.6 Å². The van der Waals surface area contributed by atoms with Crippen LogP contribution < -0.4 is 0 Å². The molecule has 1 nitrogen and oxygen atoms in total. The molecular weight excluding hydrogens is 352 g/mol.